The molecule has 34 heavy (non-hydrogen) atoms. The zero-order valence-electron chi connectivity index (χ0n) is 18.1. The van der Waals surface area contributed by atoms with Crippen LogP contribution in [0.2, 0.25) is 0 Å². The fourth-order valence-corrected chi connectivity index (χ4v) is 3.67. The second-order valence-corrected chi connectivity index (χ2v) is 7.86. The number of alkyl halides is 3. The van der Waals surface area contributed by atoms with Gasteiger partial charge < -0.3 is 25.8 Å². The molecule has 1 aliphatic heterocycles. The van der Waals surface area contributed by atoms with Crippen LogP contribution in [0, 0.1) is 5.82 Å². The van der Waals surface area contributed by atoms with Gasteiger partial charge in [-0.25, -0.2) is 9.18 Å². The van der Waals surface area contributed by atoms with Crippen molar-refractivity contribution in [3.8, 4) is 0 Å². The van der Waals surface area contributed by atoms with Gasteiger partial charge in [-0.2, -0.15) is 13.2 Å². The standard InChI is InChI=1S/C23H25F4N3O4/c24-18-4-2-1-3-17(18)21(32)28-12-11-16-9-10-19(20(13-31)34-16)30-22(33)29-15-7-5-14(6-8-15)23(25,26)27/h1-8,16,19-20,31H,9-13H2,(H,28,32)(H2,29,30,33)/t16-,19-,20-/m0/s1. The van der Waals surface area contributed by atoms with Crippen molar-refractivity contribution in [2.75, 3.05) is 18.5 Å². The Morgan fingerprint density at radius 3 is 2.41 bits per heavy atom. The molecular weight excluding hydrogens is 458 g/mol. The lowest BCUT2D eigenvalue weighted by molar-refractivity contribution is -0.137. The fourth-order valence-electron chi connectivity index (χ4n) is 3.67. The van der Waals surface area contributed by atoms with E-state index in [0.29, 0.717) is 19.3 Å². The maximum Gasteiger partial charge on any atom is 0.416 e. The number of rotatable bonds is 7. The summed E-state index contributed by atoms with van der Waals surface area (Å²) in [7, 11) is 0. The Kier molecular flexibility index (Phi) is 8.46. The van der Waals surface area contributed by atoms with Crippen LogP contribution in [-0.4, -0.2) is 48.4 Å². The summed E-state index contributed by atoms with van der Waals surface area (Å²) in [4.78, 5) is 24.3. The minimum Gasteiger partial charge on any atom is -0.394 e. The van der Waals surface area contributed by atoms with Crippen molar-refractivity contribution in [2.24, 2.45) is 0 Å². The number of benzene rings is 2. The highest BCUT2D eigenvalue weighted by atomic mass is 19.4. The molecule has 184 valence electrons. The molecule has 0 spiro atoms. The van der Waals surface area contributed by atoms with Gasteiger partial charge in [0.15, 0.2) is 0 Å². The number of carbonyl (C=O) groups is 2. The van der Waals surface area contributed by atoms with Crippen molar-refractivity contribution in [3.63, 3.8) is 0 Å². The molecule has 1 aliphatic rings. The highest BCUT2D eigenvalue weighted by molar-refractivity contribution is 5.94. The molecule has 0 radical (unpaired) electrons. The molecule has 3 atom stereocenters. The Balaban J connectivity index is 1.44. The van der Waals surface area contributed by atoms with Crippen LogP contribution in [0.5, 0.6) is 0 Å². The van der Waals surface area contributed by atoms with E-state index in [2.05, 4.69) is 16.0 Å². The number of nitrogens with one attached hydrogen (secondary N) is 3. The minimum atomic E-state index is -4.47. The molecule has 0 bridgehead atoms. The third-order valence-electron chi connectivity index (χ3n) is 5.45. The van der Waals surface area contributed by atoms with E-state index in [0.717, 1.165) is 24.3 Å². The van der Waals surface area contributed by atoms with Gasteiger partial charge in [-0.05, 0) is 55.7 Å². The van der Waals surface area contributed by atoms with E-state index < -0.39 is 41.6 Å². The van der Waals surface area contributed by atoms with Crippen LogP contribution < -0.4 is 16.0 Å². The van der Waals surface area contributed by atoms with Crippen LogP contribution in [0.25, 0.3) is 0 Å². The van der Waals surface area contributed by atoms with E-state index in [1.165, 1.54) is 18.2 Å². The second-order valence-electron chi connectivity index (χ2n) is 7.86. The first-order chi connectivity index (χ1) is 16.2. The molecule has 0 saturated carbocycles. The minimum absolute atomic E-state index is 0.0522. The van der Waals surface area contributed by atoms with Crippen molar-refractivity contribution in [3.05, 3.63) is 65.5 Å². The monoisotopic (exact) mass is 483 g/mol. The summed E-state index contributed by atoms with van der Waals surface area (Å²) in [6.45, 7) is -0.119. The van der Waals surface area contributed by atoms with Crippen molar-refractivity contribution in [1.29, 1.82) is 0 Å². The van der Waals surface area contributed by atoms with Gasteiger partial charge in [0.25, 0.3) is 5.91 Å². The molecule has 0 aromatic heterocycles. The largest absolute Gasteiger partial charge is 0.416 e. The summed E-state index contributed by atoms with van der Waals surface area (Å²) in [6, 6.07) is 8.52. The maximum absolute atomic E-state index is 13.7. The number of hydrogen-bond acceptors (Lipinski definition) is 4. The van der Waals surface area contributed by atoms with E-state index in [1.807, 2.05) is 0 Å². The number of halogens is 4. The van der Waals surface area contributed by atoms with E-state index in [9.17, 15) is 32.3 Å². The fraction of sp³-hybridized carbons (Fsp3) is 0.391. The van der Waals surface area contributed by atoms with Crippen LogP contribution >= 0.6 is 0 Å². The van der Waals surface area contributed by atoms with Crippen LogP contribution in [0.1, 0.15) is 35.2 Å². The number of urea groups is 1. The first kappa shape index (κ1) is 25.4. The van der Waals surface area contributed by atoms with Crippen molar-refractivity contribution < 1.29 is 37.0 Å². The molecule has 7 nitrogen and oxygen atoms in total. The SMILES string of the molecule is O=C(Nc1ccc(C(F)(F)F)cc1)N[C@H]1CC[C@@H](CCNC(=O)c2ccccc2F)O[C@H]1CO. The number of anilines is 1. The van der Waals surface area contributed by atoms with E-state index >= 15 is 0 Å². The average molecular weight is 483 g/mol. The quantitative estimate of drug-likeness (QED) is 0.452. The topological polar surface area (TPSA) is 99.7 Å². The third-order valence-corrected chi connectivity index (χ3v) is 5.45. The van der Waals surface area contributed by atoms with Crippen LogP contribution in [0.4, 0.5) is 28.0 Å². The number of ether oxygens (including phenoxy) is 1. The van der Waals surface area contributed by atoms with Crippen molar-refractivity contribution >= 4 is 17.6 Å². The lowest BCUT2D eigenvalue weighted by Gasteiger charge is -2.36. The van der Waals surface area contributed by atoms with E-state index in [-0.39, 0.29) is 30.5 Å². The third kappa shape index (κ3) is 6.91. The number of amides is 3. The van der Waals surface area contributed by atoms with Crippen LogP contribution in [0.15, 0.2) is 48.5 Å². The van der Waals surface area contributed by atoms with Gasteiger partial charge in [-0.15, -0.1) is 0 Å². The van der Waals surface area contributed by atoms with Crippen molar-refractivity contribution in [1.82, 2.24) is 10.6 Å². The summed E-state index contributed by atoms with van der Waals surface area (Å²) in [5.41, 5.74) is -0.689. The molecule has 3 amide bonds. The Morgan fingerprint density at radius 2 is 1.76 bits per heavy atom. The molecule has 2 aromatic carbocycles. The van der Waals surface area contributed by atoms with Gasteiger partial charge in [-0.1, -0.05) is 12.1 Å². The van der Waals surface area contributed by atoms with Gasteiger partial charge >= 0.3 is 12.2 Å². The summed E-state index contributed by atoms with van der Waals surface area (Å²) >= 11 is 0. The zero-order chi connectivity index (χ0) is 24.7. The molecule has 1 saturated heterocycles. The van der Waals surface area contributed by atoms with Crippen LogP contribution in [-0.2, 0) is 10.9 Å². The number of aliphatic hydroxyl groups is 1. The predicted molar refractivity (Wildman–Crippen MR) is 116 cm³/mol. The van der Waals surface area contributed by atoms with Gasteiger partial charge in [0.2, 0.25) is 0 Å². The molecular formula is C23H25F4N3O4. The Morgan fingerprint density at radius 1 is 1.06 bits per heavy atom. The second kappa shape index (κ2) is 11.3. The van der Waals surface area contributed by atoms with Gasteiger partial charge in [0.1, 0.15) is 11.9 Å². The normalized spacial score (nSPS) is 20.4. The number of hydrogen-bond donors (Lipinski definition) is 4. The molecule has 2 aromatic rings. The number of aliphatic hydroxyl groups excluding tert-OH is 1. The molecule has 0 unspecified atom stereocenters. The molecule has 0 aliphatic carbocycles. The molecule has 1 heterocycles. The highest BCUT2D eigenvalue weighted by Crippen LogP contribution is 2.30. The van der Waals surface area contributed by atoms with Gasteiger partial charge in [-0.3, -0.25) is 4.79 Å². The lowest BCUT2D eigenvalue weighted by atomic mass is 9.97. The summed E-state index contributed by atoms with van der Waals surface area (Å²) in [5.74, 6) is -1.15. The molecule has 11 heteroatoms. The Bertz CT molecular complexity index is 985. The van der Waals surface area contributed by atoms with E-state index in [4.69, 9.17) is 4.74 Å². The first-order valence-electron chi connectivity index (χ1n) is 10.7. The molecule has 1 fully saturated rings. The Labute approximate surface area is 193 Å². The smallest absolute Gasteiger partial charge is 0.394 e. The summed E-state index contributed by atoms with van der Waals surface area (Å²) in [6.07, 6.45) is -3.99. The molecule has 4 N–H and O–H groups in total. The first-order valence-corrected chi connectivity index (χ1v) is 10.7. The van der Waals surface area contributed by atoms with Crippen molar-refractivity contribution in [2.45, 2.75) is 43.7 Å². The predicted octanol–water partition coefficient (Wildman–Crippen LogP) is 3.69. The Hall–Kier alpha value is -3.18. The highest BCUT2D eigenvalue weighted by Gasteiger charge is 2.32. The van der Waals surface area contributed by atoms with Crippen LogP contribution in [0.3, 0.4) is 0 Å². The number of carbonyl (C=O) groups excluding carboxylic acids is 2. The summed E-state index contributed by atoms with van der Waals surface area (Å²) in [5, 5.41) is 17.4. The van der Waals surface area contributed by atoms with Gasteiger partial charge in [0.05, 0.1) is 29.9 Å². The lowest BCUT2D eigenvalue weighted by Crippen LogP contribution is -2.52. The van der Waals surface area contributed by atoms with E-state index in [1.54, 1.807) is 6.07 Å². The maximum atomic E-state index is 13.7. The average Bonchev–Trinajstić information content (AvgIpc) is 2.80. The molecule has 3 rings (SSSR count). The zero-order valence-corrected chi connectivity index (χ0v) is 18.1. The van der Waals surface area contributed by atoms with Gasteiger partial charge in [0, 0.05) is 12.2 Å². The summed E-state index contributed by atoms with van der Waals surface area (Å²) < 4.78 is 57.4.